The number of anilines is 4. The van der Waals surface area contributed by atoms with Gasteiger partial charge in [0.2, 0.25) is 5.95 Å². The summed E-state index contributed by atoms with van der Waals surface area (Å²) in [5, 5.41) is 21.0. The maximum atomic E-state index is 12.4. The first-order valence-corrected chi connectivity index (χ1v) is 10.1. The molecule has 0 radical (unpaired) electrons. The summed E-state index contributed by atoms with van der Waals surface area (Å²) in [4.78, 5) is 53.5. The van der Waals surface area contributed by atoms with Crippen molar-refractivity contribution in [1.82, 2.24) is 15.3 Å². The Kier molecular flexibility index (Phi) is 17.1. The molecule has 1 aromatic carbocycles. The van der Waals surface area contributed by atoms with Crippen LogP contribution < -0.4 is 32.6 Å². The molecule has 1 aliphatic heterocycles. The van der Waals surface area contributed by atoms with Crippen LogP contribution in [0.15, 0.2) is 29.1 Å². The number of aliphatic carboxylic acids is 1. The number of ether oxygens (including phenoxy) is 1. The number of nitrogens with zero attached hydrogens (tertiary/aromatic N) is 1. The van der Waals surface area contributed by atoms with E-state index in [1.807, 2.05) is 0 Å². The van der Waals surface area contributed by atoms with Gasteiger partial charge in [0, 0.05) is 30.8 Å². The van der Waals surface area contributed by atoms with Gasteiger partial charge in [0.1, 0.15) is 11.7 Å². The summed E-state index contributed by atoms with van der Waals surface area (Å²) in [6, 6.07) is 5.14. The van der Waals surface area contributed by atoms with Crippen LogP contribution in [-0.4, -0.2) is 92.6 Å². The van der Waals surface area contributed by atoms with Gasteiger partial charge in [0.25, 0.3) is 11.5 Å². The molecule has 0 spiro atoms. The van der Waals surface area contributed by atoms with Crippen LogP contribution in [0.3, 0.4) is 0 Å². The molecule has 0 aliphatic carbocycles. The number of aromatic amines is 1. The molecule has 1 aliphatic rings. The molecule has 216 valence electrons. The molecule has 3 rings (SSSR count). The minimum atomic E-state index is -1.24. The number of carbonyl (C=O) groups excluding carboxylic acids is 2. The second-order valence-electron chi connectivity index (χ2n) is 7.33. The molecule has 1 amide bonds. The lowest BCUT2D eigenvalue weighted by Gasteiger charge is -2.27. The minimum Gasteiger partial charge on any atom is -0.480 e. The molecule has 18 nitrogen and oxygen atoms in total. The molecular formula is C20H35N7O11. The average Bonchev–Trinajstić information content (AvgIpc) is 2.80. The highest BCUT2D eigenvalue weighted by Gasteiger charge is 2.23. The predicted octanol–water partition coefficient (Wildman–Crippen LogP) is -4.32. The van der Waals surface area contributed by atoms with E-state index >= 15 is 0 Å². The zero-order chi connectivity index (χ0) is 24.0. The number of methoxy groups -OCH3 is 1. The van der Waals surface area contributed by atoms with Crippen LogP contribution in [0.1, 0.15) is 23.2 Å². The number of nitrogen functional groups attached to an aromatic ring is 1. The van der Waals surface area contributed by atoms with E-state index in [0.29, 0.717) is 24.6 Å². The van der Waals surface area contributed by atoms with Gasteiger partial charge in [-0.25, -0.2) is 4.79 Å². The van der Waals surface area contributed by atoms with E-state index in [1.54, 1.807) is 24.3 Å². The first kappa shape index (κ1) is 38.0. The van der Waals surface area contributed by atoms with Crippen molar-refractivity contribution < 1.29 is 51.6 Å². The summed E-state index contributed by atoms with van der Waals surface area (Å²) < 4.78 is 4.49. The lowest BCUT2D eigenvalue weighted by molar-refractivity contribution is -0.142. The van der Waals surface area contributed by atoms with Gasteiger partial charge in [-0.05, 0) is 30.7 Å². The Bertz CT molecular complexity index is 1100. The number of aromatic nitrogens is 2. The van der Waals surface area contributed by atoms with E-state index in [2.05, 4.69) is 36.0 Å². The van der Waals surface area contributed by atoms with Gasteiger partial charge in [0.05, 0.1) is 13.2 Å². The zero-order valence-electron chi connectivity index (χ0n) is 20.3. The number of esters is 1. The molecule has 0 fully saturated rings. The van der Waals surface area contributed by atoms with Gasteiger partial charge < -0.3 is 64.2 Å². The van der Waals surface area contributed by atoms with Crippen LogP contribution in [0.5, 0.6) is 0 Å². The number of benzene rings is 1. The van der Waals surface area contributed by atoms with E-state index in [1.165, 1.54) is 7.11 Å². The largest absolute Gasteiger partial charge is 0.480 e. The van der Waals surface area contributed by atoms with Crippen LogP contribution in [0.2, 0.25) is 0 Å². The van der Waals surface area contributed by atoms with E-state index in [0.717, 1.165) is 5.69 Å². The number of amides is 1. The van der Waals surface area contributed by atoms with Crippen molar-refractivity contribution in [2.45, 2.75) is 24.9 Å². The Balaban J connectivity index is -0.00000245. The number of fused-ring (bicyclic) bond motifs is 1. The monoisotopic (exact) mass is 549 g/mol. The molecule has 38 heavy (non-hydrogen) atoms. The van der Waals surface area contributed by atoms with Crippen LogP contribution >= 0.6 is 0 Å². The molecular weight excluding hydrogens is 514 g/mol. The molecule has 0 saturated heterocycles. The van der Waals surface area contributed by atoms with Crippen molar-refractivity contribution in [2.75, 3.05) is 41.9 Å². The van der Waals surface area contributed by atoms with Crippen molar-refractivity contribution in [3.8, 4) is 0 Å². The maximum absolute atomic E-state index is 12.4. The van der Waals surface area contributed by atoms with E-state index in [-0.39, 0.29) is 63.3 Å². The number of carboxylic acid groups (broad SMARTS) is 1. The minimum absolute atomic E-state index is 0. The molecule has 0 bridgehead atoms. The fourth-order valence-corrected chi connectivity index (χ4v) is 3.19. The van der Waals surface area contributed by atoms with E-state index in [9.17, 15) is 24.3 Å². The number of nitrogens with two attached hydrogens (primary N) is 1. The second-order valence-corrected chi connectivity index (χ2v) is 7.33. The molecule has 18 heteroatoms. The summed E-state index contributed by atoms with van der Waals surface area (Å²) in [5.41, 5.74) is 6.48. The maximum Gasteiger partial charge on any atom is 0.326 e. The standard InChI is InChI=1S/C20H25N7O6.5H2O/c1-33-14(28)7-6-13(19(31)32)25-17(29)10-2-4-11(5-3-10)22-8-12-9-23-16-15(24-12)18(30)27-20(21)26-16;;;;;/h2-5,12-13,22,24H,6-9H2,1H3,(H,25,29)(H,31,32)(H4,21,23,26,27,30);5*1H2/t12?,13-;;;;;/m0...../s1. The average molecular weight is 550 g/mol. The smallest absolute Gasteiger partial charge is 0.326 e. The number of rotatable bonds is 9. The number of carboxylic acids is 1. The lowest BCUT2D eigenvalue weighted by Crippen LogP contribution is -2.41. The van der Waals surface area contributed by atoms with Gasteiger partial charge >= 0.3 is 11.9 Å². The normalized spacial score (nSPS) is 13.2. The molecule has 2 heterocycles. The van der Waals surface area contributed by atoms with E-state index < -0.39 is 23.9 Å². The van der Waals surface area contributed by atoms with Crippen LogP contribution in [0.4, 0.5) is 23.1 Å². The third kappa shape index (κ3) is 9.87. The SMILES string of the molecule is COC(=O)CC[C@H](NC(=O)c1ccc(NCC2CNc3nc(N)[nH]c(=O)c3N2)cc1)C(=O)O.O.O.O.O.O. The van der Waals surface area contributed by atoms with Crippen LogP contribution in [-0.2, 0) is 14.3 Å². The number of hydrogen-bond donors (Lipinski definition) is 7. The first-order chi connectivity index (χ1) is 15.8. The number of H-pyrrole nitrogens is 1. The Morgan fingerprint density at radius 1 is 1.16 bits per heavy atom. The van der Waals surface area contributed by atoms with Gasteiger partial charge in [-0.2, -0.15) is 4.98 Å². The topological polar surface area (TPSA) is 358 Å². The van der Waals surface area contributed by atoms with Crippen molar-refractivity contribution in [3.05, 3.63) is 40.2 Å². The van der Waals surface area contributed by atoms with Crippen LogP contribution in [0.25, 0.3) is 0 Å². The molecule has 18 N–H and O–H groups in total. The first-order valence-electron chi connectivity index (χ1n) is 10.1. The highest BCUT2D eigenvalue weighted by Crippen LogP contribution is 2.20. The zero-order valence-corrected chi connectivity index (χ0v) is 20.3. The van der Waals surface area contributed by atoms with E-state index in [4.69, 9.17) is 5.73 Å². The number of hydrogen-bond acceptors (Lipinski definition) is 10. The summed E-state index contributed by atoms with van der Waals surface area (Å²) in [7, 11) is 1.21. The highest BCUT2D eigenvalue weighted by atomic mass is 16.5. The summed E-state index contributed by atoms with van der Waals surface area (Å²) >= 11 is 0. The summed E-state index contributed by atoms with van der Waals surface area (Å²) in [6.45, 7) is 0.981. The van der Waals surface area contributed by atoms with Gasteiger partial charge in [0.15, 0.2) is 5.82 Å². The fourth-order valence-electron chi connectivity index (χ4n) is 3.19. The van der Waals surface area contributed by atoms with Crippen molar-refractivity contribution >= 4 is 41.0 Å². The molecule has 1 unspecified atom stereocenters. The third-order valence-corrected chi connectivity index (χ3v) is 4.97. The third-order valence-electron chi connectivity index (χ3n) is 4.97. The van der Waals surface area contributed by atoms with Crippen molar-refractivity contribution in [2.24, 2.45) is 0 Å². The highest BCUT2D eigenvalue weighted by molar-refractivity contribution is 5.97. The quantitative estimate of drug-likeness (QED) is 0.146. The lowest BCUT2D eigenvalue weighted by atomic mass is 10.1. The molecule has 1 aromatic heterocycles. The Hall–Kier alpha value is -4.49. The van der Waals surface area contributed by atoms with Crippen molar-refractivity contribution in [1.29, 1.82) is 0 Å². The van der Waals surface area contributed by atoms with Crippen LogP contribution in [0, 0.1) is 0 Å². The summed E-state index contributed by atoms with van der Waals surface area (Å²) in [6.07, 6.45) is -0.204. The second kappa shape index (κ2) is 17.1. The van der Waals surface area contributed by atoms with Gasteiger partial charge in [-0.15, -0.1) is 0 Å². The molecule has 2 atom stereocenters. The fraction of sp³-hybridized carbons (Fsp3) is 0.350. The van der Waals surface area contributed by atoms with Gasteiger partial charge in [-0.3, -0.25) is 19.4 Å². The molecule has 2 aromatic rings. The Morgan fingerprint density at radius 3 is 2.37 bits per heavy atom. The predicted molar refractivity (Wildman–Crippen MR) is 138 cm³/mol. The Morgan fingerprint density at radius 2 is 1.79 bits per heavy atom. The number of nitrogens with one attached hydrogen (secondary N) is 5. The van der Waals surface area contributed by atoms with Crippen molar-refractivity contribution in [3.63, 3.8) is 0 Å². The summed E-state index contributed by atoms with van der Waals surface area (Å²) in [5.74, 6) is -1.93. The van der Waals surface area contributed by atoms with Gasteiger partial charge in [-0.1, -0.05) is 0 Å². The molecule has 0 saturated carbocycles. The Labute approximate surface area is 215 Å². The number of carbonyl (C=O) groups is 3.